The molecular formula is C25H43IN6. The molecule has 0 saturated carbocycles. The molecule has 1 aromatic carbocycles. The Balaban J connectivity index is 0.00000363. The van der Waals surface area contributed by atoms with E-state index in [1.54, 1.807) is 0 Å². The number of piperazine rings is 2. The first-order valence-corrected chi connectivity index (χ1v) is 12.1. The Hall–Kier alpha value is -1.16. The molecule has 32 heavy (non-hydrogen) atoms. The molecule has 1 N–H and O–H groups in total. The molecule has 0 bridgehead atoms. The largest absolute Gasteiger partial charge is 0.357 e. The zero-order chi connectivity index (χ0) is 21.9. The number of hydrogen-bond donors (Lipinski definition) is 1. The van der Waals surface area contributed by atoms with E-state index in [1.807, 2.05) is 0 Å². The lowest BCUT2D eigenvalue weighted by Gasteiger charge is -2.38. The highest BCUT2D eigenvalue weighted by molar-refractivity contribution is 14.0. The molecule has 2 heterocycles. The maximum atomic E-state index is 5.02. The van der Waals surface area contributed by atoms with Crippen LogP contribution in [0.15, 0.2) is 41.4 Å². The van der Waals surface area contributed by atoms with Gasteiger partial charge < -0.3 is 15.1 Å². The van der Waals surface area contributed by atoms with Gasteiger partial charge in [0, 0.05) is 71.5 Å². The molecule has 2 fully saturated rings. The minimum atomic E-state index is 0. The average molecular weight is 555 g/mol. The normalized spacial score (nSPS) is 20.3. The maximum absolute atomic E-state index is 5.02. The van der Waals surface area contributed by atoms with Crippen molar-refractivity contribution in [1.29, 1.82) is 0 Å². The molecule has 3 rings (SSSR count). The lowest BCUT2D eigenvalue weighted by atomic mass is 10.2. The Morgan fingerprint density at radius 2 is 1.62 bits per heavy atom. The van der Waals surface area contributed by atoms with Gasteiger partial charge in [0.05, 0.1) is 6.54 Å². The van der Waals surface area contributed by atoms with E-state index in [0.29, 0.717) is 6.04 Å². The van der Waals surface area contributed by atoms with Crippen molar-refractivity contribution in [3.05, 3.63) is 42.0 Å². The standard InChI is InChI=1S/C25H42N6.HI/c1-4-26-25(27-22-23(3)30-18-14-28(5-2)15-19-30)31-20-16-29(17-21-31)13-9-12-24-10-7-6-8-11-24;/h6-12,23H,4-5,13-22H2,1-3H3,(H,26,27);1H/b12-9+;. The Morgan fingerprint density at radius 1 is 0.969 bits per heavy atom. The van der Waals surface area contributed by atoms with E-state index in [2.05, 4.69) is 88.2 Å². The lowest BCUT2D eigenvalue weighted by Crippen LogP contribution is -2.53. The number of rotatable bonds is 8. The molecular weight excluding hydrogens is 511 g/mol. The molecule has 0 amide bonds. The number of benzene rings is 1. The molecule has 0 radical (unpaired) electrons. The Kier molecular flexibility index (Phi) is 12.6. The van der Waals surface area contributed by atoms with Crippen LogP contribution in [0.5, 0.6) is 0 Å². The maximum Gasteiger partial charge on any atom is 0.194 e. The van der Waals surface area contributed by atoms with Crippen molar-refractivity contribution in [2.45, 2.75) is 26.8 Å². The monoisotopic (exact) mass is 554 g/mol. The predicted octanol–water partition coefficient (Wildman–Crippen LogP) is 2.93. The van der Waals surface area contributed by atoms with Crippen LogP contribution in [-0.2, 0) is 0 Å². The third kappa shape index (κ3) is 8.65. The number of nitrogens with zero attached hydrogens (tertiary/aromatic N) is 5. The Bertz CT molecular complexity index is 679. The van der Waals surface area contributed by atoms with Crippen LogP contribution in [0.1, 0.15) is 26.3 Å². The van der Waals surface area contributed by atoms with Gasteiger partial charge in [0.15, 0.2) is 5.96 Å². The summed E-state index contributed by atoms with van der Waals surface area (Å²) in [4.78, 5) is 15.1. The Morgan fingerprint density at radius 3 is 2.25 bits per heavy atom. The number of guanidine groups is 1. The van der Waals surface area contributed by atoms with Crippen LogP contribution in [0.25, 0.3) is 6.08 Å². The van der Waals surface area contributed by atoms with Crippen LogP contribution in [0.2, 0.25) is 0 Å². The van der Waals surface area contributed by atoms with Crippen molar-refractivity contribution < 1.29 is 0 Å². The minimum Gasteiger partial charge on any atom is -0.357 e. The summed E-state index contributed by atoms with van der Waals surface area (Å²) in [5, 5.41) is 3.52. The van der Waals surface area contributed by atoms with Crippen LogP contribution < -0.4 is 5.32 Å². The molecule has 0 aliphatic carbocycles. The molecule has 180 valence electrons. The number of nitrogens with one attached hydrogen (secondary N) is 1. The summed E-state index contributed by atoms with van der Waals surface area (Å²) in [5.41, 5.74) is 1.27. The van der Waals surface area contributed by atoms with Gasteiger partial charge >= 0.3 is 0 Å². The van der Waals surface area contributed by atoms with Gasteiger partial charge in [0.25, 0.3) is 0 Å². The zero-order valence-corrected chi connectivity index (χ0v) is 22.6. The summed E-state index contributed by atoms with van der Waals surface area (Å²) in [6, 6.07) is 11.0. The number of aliphatic imine (C=N–C) groups is 1. The van der Waals surface area contributed by atoms with Crippen molar-refractivity contribution in [3.63, 3.8) is 0 Å². The van der Waals surface area contributed by atoms with Gasteiger partial charge in [-0.25, -0.2) is 0 Å². The molecule has 2 aliphatic rings. The van der Waals surface area contributed by atoms with E-state index in [0.717, 1.165) is 64.9 Å². The fourth-order valence-electron chi connectivity index (χ4n) is 4.32. The van der Waals surface area contributed by atoms with Crippen LogP contribution >= 0.6 is 24.0 Å². The zero-order valence-electron chi connectivity index (χ0n) is 20.2. The van der Waals surface area contributed by atoms with Crippen LogP contribution in [-0.4, -0.2) is 110 Å². The highest BCUT2D eigenvalue weighted by Crippen LogP contribution is 2.08. The summed E-state index contributed by atoms with van der Waals surface area (Å²) in [6.45, 7) is 19.6. The SMILES string of the molecule is CCNC(=NCC(C)N1CCN(CC)CC1)N1CCN(C/C=C/c2ccccc2)CC1.I. The second-order valence-corrected chi connectivity index (χ2v) is 8.61. The molecule has 7 heteroatoms. The van der Waals surface area contributed by atoms with Crippen molar-refractivity contribution in [3.8, 4) is 0 Å². The molecule has 2 saturated heterocycles. The molecule has 1 unspecified atom stereocenters. The second-order valence-electron chi connectivity index (χ2n) is 8.61. The van der Waals surface area contributed by atoms with Crippen LogP contribution in [0, 0.1) is 0 Å². The Labute approximate surface area is 212 Å². The smallest absolute Gasteiger partial charge is 0.194 e. The van der Waals surface area contributed by atoms with Crippen molar-refractivity contribution >= 4 is 36.0 Å². The van der Waals surface area contributed by atoms with Gasteiger partial charge in [0.2, 0.25) is 0 Å². The molecule has 0 spiro atoms. The lowest BCUT2D eigenvalue weighted by molar-refractivity contribution is 0.109. The third-order valence-electron chi connectivity index (χ3n) is 6.46. The van der Waals surface area contributed by atoms with Gasteiger partial charge in [-0.1, -0.05) is 49.4 Å². The number of halogens is 1. The number of hydrogen-bond acceptors (Lipinski definition) is 4. The highest BCUT2D eigenvalue weighted by atomic mass is 127. The minimum absolute atomic E-state index is 0. The van der Waals surface area contributed by atoms with E-state index in [1.165, 1.54) is 25.2 Å². The molecule has 0 aromatic heterocycles. The van der Waals surface area contributed by atoms with Gasteiger partial charge in [-0.05, 0) is 26.0 Å². The van der Waals surface area contributed by atoms with E-state index >= 15 is 0 Å². The van der Waals surface area contributed by atoms with E-state index in [-0.39, 0.29) is 24.0 Å². The fraction of sp³-hybridized carbons (Fsp3) is 0.640. The molecule has 2 aliphatic heterocycles. The summed E-state index contributed by atoms with van der Waals surface area (Å²) in [6.07, 6.45) is 4.50. The van der Waals surface area contributed by atoms with Gasteiger partial charge in [0.1, 0.15) is 0 Å². The van der Waals surface area contributed by atoms with Crippen molar-refractivity contribution in [2.75, 3.05) is 78.5 Å². The summed E-state index contributed by atoms with van der Waals surface area (Å²) in [7, 11) is 0. The number of likely N-dealkylation sites (N-methyl/N-ethyl adjacent to an activating group) is 1. The summed E-state index contributed by atoms with van der Waals surface area (Å²) >= 11 is 0. The van der Waals surface area contributed by atoms with Crippen molar-refractivity contribution in [2.24, 2.45) is 4.99 Å². The van der Waals surface area contributed by atoms with E-state index < -0.39 is 0 Å². The molecule has 6 nitrogen and oxygen atoms in total. The first-order chi connectivity index (χ1) is 15.2. The van der Waals surface area contributed by atoms with Gasteiger partial charge in [-0.3, -0.25) is 14.8 Å². The second kappa shape index (κ2) is 14.9. The quantitative estimate of drug-likeness (QED) is 0.304. The topological polar surface area (TPSA) is 37.4 Å². The van der Waals surface area contributed by atoms with E-state index in [9.17, 15) is 0 Å². The molecule has 1 atom stereocenters. The van der Waals surface area contributed by atoms with Gasteiger partial charge in [-0.2, -0.15) is 0 Å². The van der Waals surface area contributed by atoms with Crippen molar-refractivity contribution in [1.82, 2.24) is 24.9 Å². The molecule has 1 aromatic rings. The van der Waals surface area contributed by atoms with Gasteiger partial charge in [-0.15, -0.1) is 24.0 Å². The van der Waals surface area contributed by atoms with Crippen LogP contribution in [0.4, 0.5) is 0 Å². The highest BCUT2D eigenvalue weighted by Gasteiger charge is 2.22. The first-order valence-electron chi connectivity index (χ1n) is 12.1. The van der Waals surface area contributed by atoms with E-state index in [4.69, 9.17) is 4.99 Å². The first kappa shape index (κ1) is 27.1. The summed E-state index contributed by atoms with van der Waals surface area (Å²) < 4.78 is 0. The predicted molar refractivity (Wildman–Crippen MR) is 148 cm³/mol. The summed E-state index contributed by atoms with van der Waals surface area (Å²) in [5.74, 6) is 1.08. The third-order valence-corrected chi connectivity index (χ3v) is 6.46. The average Bonchev–Trinajstić information content (AvgIpc) is 2.83. The fourth-order valence-corrected chi connectivity index (χ4v) is 4.32. The van der Waals surface area contributed by atoms with Crippen LogP contribution in [0.3, 0.4) is 0 Å².